The number of nitrogens with one attached hydrogen (secondary N) is 1. The number of halogens is 3. The lowest BCUT2D eigenvalue weighted by Gasteiger charge is -2.27. The molecule has 0 spiro atoms. The lowest BCUT2D eigenvalue weighted by molar-refractivity contribution is -0.145. The zero-order valence-corrected chi connectivity index (χ0v) is 13.8. The summed E-state index contributed by atoms with van der Waals surface area (Å²) in [4.78, 5) is -0.0195. The first-order valence-electron chi connectivity index (χ1n) is 7.00. The molecule has 0 saturated heterocycles. The Labute approximate surface area is 133 Å². The van der Waals surface area contributed by atoms with Gasteiger partial charge >= 0.3 is 6.18 Å². The zero-order valence-electron chi connectivity index (χ0n) is 13.0. The maximum Gasteiger partial charge on any atom is 0.390 e. The van der Waals surface area contributed by atoms with E-state index in [1.165, 1.54) is 19.9 Å². The predicted octanol–water partition coefficient (Wildman–Crippen LogP) is 4.16. The van der Waals surface area contributed by atoms with Crippen molar-refractivity contribution in [3.05, 3.63) is 42.0 Å². The molecule has 0 unspecified atom stereocenters. The fourth-order valence-electron chi connectivity index (χ4n) is 2.61. The first-order chi connectivity index (χ1) is 10.4. The summed E-state index contributed by atoms with van der Waals surface area (Å²) in [5.41, 5.74) is -0.739. The fraction of sp³-hybridized carbons (Fsp3) is 0.375. The molecule has 2 aromatic carbocycles. The molecular weight excluding hydrogens is 327 g/mol. The summed E-state index contributed by atoms with van der Waals surface area (Å²) in [7, 11) is -4.08. The minimum atomic E-state index is -4.46. The van der Waals surface area contributed by atoms with Gasteiger partial charge in [-0.05, 0) is 37.8 Å². The van der Waals surface area contributed by atoms with Crippen LogP contribution in [0.5, 0.6) is 0 Å². The highest BCUT2D eigenvalue weighted by Gasteiger charge is 2.39. The number of benzene rings is 2. The molecule has 0 aliphatic heterocycles. The van der Waals surface area contributed by atoms with Crippen LogP contribution in [0.15, 0.2) is 41.3 Å². The van der Waals surface area contributed by atoms with Crippen LogP contribution in [-0.4, -0.2) is 20.1 Å². The normalized spacial score (nSPS) is 13.5. The highest BCUT2D eigenvalue weighted by Crippen LogP contribution is 2.30. The molecule has 0 radical (unpaired) electrons. The average molecular weight is 345 g/mol. The van der Waals surface area contributed by atoms with Crippen molar-refractivity contribution < 1.29 is 21.6 Å². The minimum absolute atomic E-state index is 0.0195. The Morgan fingerprint density at radius 2 is 1.57 bits per heavy atom. The largest absolute Gasteiger partial charge is 0.390 e. The molecular formula is C16H18F3NO2S. The molecule has 0 bridgehead atoms. The van der Waals surface area contributed by atoms with Crippen molar-refractivity contribution in [1.82, 2.24) is 4.72 Å². The Balaban J connectivity index is 2.47. The van der Waals surface area contributed by atoms with Gasteiger partial charge in [0, 0.05) is 10.9 Å². The van der Waals surface area contributed by atoms with Crippen molar-refractivity contribution in [2.45, 2.75) is 43.8 Å². The van der Waals surface area contributed by atoms with Crippen LogP contribution in [-0.2, 0) is 10.0 Å². The van der Waals surface area contributed by atoms with Crippen LogP contribution in [0.25, 0.3) is 10.8 Å². The van der Waals surface area contributed by atoms with E-state index in [4.69, 9.17) is 0 Å². The van der Waals surface area contributed by atoms with Gasteiger partial charge in [0.15, 0.2) is 0 Å². The predicted molar refractivity (Wildman–Crippen MR) is 83.8 cm³/mol. The molecule has 0 aliphatic carbocycles. The Morgan fingerprint density at radius 3 is 2.13 bits per heavy atom. The molecule has 2 rings (SSSR count). The van der Waals surface area contributed by atoms with Crippen LogP contribution in [0.1, 0.15) is 25.8 Å². The molecule has 2 aromatic rings. The summed E-state index contributed by atoms with van der Waals surface area (Å²) in [5.74, 6) is 0. The molecule has 0 aliphatic rings. The first-order valence-corrected chi connectivity index (χ1v) is 8.49. The number of sulfonamides is 1. The Bertz CT molecular complexity index is 827. The molecule has 0 atom stereocenters. The van der Waals surface area contributed by atoms with Gasteiger partial charge < -0.3 is 0 Å². The van der Waals surface area contributed by atoms with Crippen molar-refractivity contribution in [3.63, 3.8) is 0 Å². The molecule has 0 aromatic heterocycles. The van der Waals surface area contributed by atoms with E-state index < -0.39 is 28.2 Å². The standard InChI is InChI=1S/C16H18F3NO2S/c1-11-8-9-14(13-7-5-4-6-12(11)13)23(21,22)20-15(2,3)10-16(17,18)19/h4-9,20H,10H2,1-3H3. The van der Waals surface area contributed by atoms with Gasteiger partial charge in [-0.2, -0.15) is 13.2 Å². The number of aryl methyl sites for hydroxylation is 1. The van der Waals surface area contributed by atoms with E-state index in [9.17, 15) is 21.6 Å². The zero-order chi connectivity index (χ0) is 17.5. The lowest BCUT2D eigenvalue weighted by atomic mass is 10.0. The van der Waals surface area contributed by atoms with Crippen LogP contribution < -0.4 is 4.72 Å². The third-order valence-electron chi connectivity index (χ3n) is 3.44. The Morgan fingerprint density at radius 1 is 1.00 bits per heavy atom. The quantitative estimate of drug-likeness (QED) is 0.904. The molecule has 1 N–H and O–H groups in total. The van der Waals surface area contributed by atoms with Crippen molar-refractivity contribution in [2.75, 3.05) is 0 Å². The molecule has 0 amide bonds. The first kappa shape index (κ1) is 17.7. The summed E-state index contributed by atoms with van der Waals surface area (Å²) < 4.78 is 65.1. The fourth-order valence-corrected chi connectivity index (χ4v) is 4.24. The molecule has 23 heavy (non-hydrogen) atoms. The lowest BCUT2D eigenvalue weighted by Crippen LogP contribution is -2.46. The second-order valence-corrected chi connectivity index (χ2v) is 7.86. The van der Waals surface area contributed by atoms with Gasteiger partial charge in [0.05, 0.1) is 11.3 Å². The molecule has 3 nitrogen and oxygen atoms in total. The van der Waals surface area contributed by atoms with Crippen LogP contribution in [0.4, 0.5) is 13.2 Å². The summed E-state index contributed by atoms with van der Waals surface area (Å²) in [6, 6.07) is 9.98. The van der Waals surface area contributed by atoms with Gasteiger partial charge in [-0.15, -0.1) is 0 Å². The molecule has 0 saturated carbocycles. The maximum atomic E-state index is 12.6. The van der Waals surface area contributed by atoms with Crippen LogP contribution in [0.3, 0.4) is 0 Å². The van der Waals surface area contributed by atoms with Gasteiger partial charge in [0.1, 0.15) is 0 Å². The van der Waals surface area contributed by atoms with Gasteiger partial charge in [-0.25, -0.2) is 13.1 Å². The number of alkyl halides is 3. The van der Waals surface area contributed by atoms with Crippen molar-refractivity contribution >= 4 is 20.8 Å². The summed E-state index contributed by atoms with van der Waals surface area (Å²) in [5, 5.41) is 1.24. The van der Waals surface area contributed by atoms with Crippen LogP contribution in [0.2, 0.25) is 0 Å². The Hall–Kier alpha value is -1.60. The highest BCUT2D eigenvalue weighted by atomic mass is 32.2. The van der Waals surface area contributed by atoms with Gasteiger partial charge in [0.2, 0.25) is 10.0 Å². The summed E-state index contributed by atoms with van der Waals surface area (Å²) in [6.07, 6.45) is -5.70. The molecule has 7 heteroatoms. The number of rotatable bonds is 4. The monoisotopic (exact) mass is 345 g/mol. The third kappa shape index (κ3) is 4.23. The SMILES string of the molecule is Cc1ccc(S(=O)(=O)NC(C)(C)CC(F)(F)F)c2ccccc12. The number of hydrogen-bond donors (Lipinski definition) is 1. The van der Waals surface area contributed by atoms with E-state index in [-0.39, 0.29) is 4.90 Å². The van der Waals surface area contributed by atoms with E-state index in [1.807, 2.05) is 6.92 Å². The number of hydrogen-bond acceptors (Lipinski definition) is 2. The molecule has 126 valence electrons. The van der Waals surface area contributed by atoms with E-state index in [0.29, 0.717) is 5.39 Å². The van der Waals surface area contributed by atoms with Crippen molar-refractivity contribution in [3.8, 4) is 0 Å². The van der Waals surface area contributed by atoms with Crippen LogP contribution >= 0.6 is 0 Å². The van der Waals surface area contributed by atoms with Crippen LogP contribution in [0, 0.1) is 6.92 Å². The van der Waals surface area contributed by atoms with E-state index in [2.05, 4.69) is 4.72 Å². The Kier molecular flexibility index (Phi) is 4.47. The molecule has 0 heterocycles. The van der Waals surface area contributed by atoms with Crippen molar-refractivity contribution in [1.29, 1.82) is 0 Å². The maximum absolute atomic E-state index is 12.6. The van der Waals surface area contributed by atoms with E-state index in [0.717, 1.165) is 10.9 Å². The van der Waals surface area contributed by atoms with E-state index in [1.54, 1.807) is 30.3 Å². The second kappa shape index (κ2) is 5.79. The highest BCUT2D eigenvalue weighted by molar-refractivity contribution is 7.89. The van der Waals surface area contributed by atoms with Crippen molar-refractivity contribution in [2.24, 2.45) is 0 Å². The second-order valence-electron chi connectivity index (χ2n) is 6.21. The number of fused-ring (bicyclic) bond motifs is 1. The van der Waals surface area contributed by atoms with E-state index >= 15 is 0 Å². The summed E-state index contributed by atoms with van der Waals surface area (Å²) in [6.45, 7) is 4.28. The third-order valence-corrected chi connectivity index (χ3v) is 5.20. The van der Waals surface area contributed by atoms with Gasteiger partial charge in [-0.1, -0.05) is 30.3 Å². The topological polar surface area (TPSA) is 46.2 Å². The van der Waals surface area contributed by atoms with Gasteiger partial charge in [-0.3, -0.25) is 0 Å². The van der Waals surface area contributed by atoms with Gasteiger partial charge in [0.25, 0.3) is 0 Å². The average Bonchev–Trinajstić information content (AvgIpc) is 2.34. The smallest absolute Gasteiger partial charge is 0.207 e. The minimum Gasteiger partial charge on any atom is -0.207 e. The summed E-state index contributed by atoms with van der Waals surface area (Å²) >= 11 is 0. The molecule has 0 fully saturated rings.